The lowest BCUT2D eigenvalue weighted by atomic mass is 10.1. The van der Waals surface area contributed by atoms with Crippen LogP contribution in [0.1, 0.15) is 21.6 Å². The number of hydrogen-bond donors (Lipinski definition) is 3. The van der Waals surface area contributed by atoms with Crippen molar-refractivity contribution >= 4 is 29.3 Å². The molecular weight excluding hydrogens is 512 g/mol. The first-order chi connectivity index (χ1) is 17.5. The average Bonchev–Trinajstić information content (AvgIpc) is 3.45. The molecule has 0 bridgehead atoms. The number of halogens is 4. The number of nitrogens with one attached hydrogen (secondary N) is 2. The second kappa shape index (κ2) is 10.5. The third-order valence-corrected chi connectivity index (χ3v) is 5.89. The van der Waals surface area contributed by atoms with Gasteiger partial charge < -0.3 is 10.4 Å². The number of carbonyl (C=O) groups excluding carboxylic acids is 1. The van der Waals surface area contributed by atoms with Crippen LogP contribution in [0.5, 0.6) is 5.75 Å². The molecule has 8 nitrogen and oxygen atoms in total. The van der Waals surface area contributed by atoms with Gasteiger partial charge in [0.25, 0.3) is 5.91 Å². The number of hydrogen-bond acceptors (Lipinski definition) is 6. The zero-order valence-electron chi connectivity index (χ0n) is 19.5. The van der Waals surface area contributed by atoms with Crippen molar-refractivity contribution in [2.45, 2.75) is 17.5 Å². The largest absolute Gasteiger partial charge is 0.508 e. The van der Waals surface area contributed by atoms with E-state index in [1.807, 2.05) is 24.5 Å². The SMILES string of the molecule is CSc1cccc(CC(=Nc2cc(-c3ccc(O)cc3F)[nH]n2)NC(=O)c2cn(C)nc2C(F)(F)F)c1. The van der Waals surface area contributed by atoms with E-state index in [4.69, 9.17) is 0 Å². The average molecular weight is 533 g/mol. The lowest BCUT2D eigenvalue weighted by Crippen LogP contribution is -2.33. The van der Waals surface area contributed by atoms with Crippen LogP contribution in [0, 0.1) is 5.82 Å². The van der Waals surface area contributed by atoms with Crippen molar-refractivity contribution in [3.05, 3.63) is 77.4 Å². The van der Waals surface area contributed by atoms with Gasteiger partial charge in [0.05, 0.1) is 11.3 Å². The molecule has 0 unspecified atom stereocenters. The monoisotopic (exact) mass is 532 g/mol. The molecule has 0 aliphatic heterocycles. The quantitative estimate of drug-likeness (QED) is 0.139. The lowest BCUT2D eigenvalue weighted by molar-refractivity contribution is -0.141. The van der Waals surface area contributed by atoms with Crippen LogP contribution in [-0.2, 0) is 19.6 Å². The molecule has 0 aliphatic rings. The zero-order chi connectivity index (χ0) is 26.7. The van der Waals surface area contributed by atoms with Gasteiger partial charge in [-0.1, -0.05) is 12.1 Å². The lowest BCUT2D eigenvalue weighted by Gasteiger charge is -2.10. The third kappa shape index (κ3) is 6.17. The van der Waals surface area contributed by atoms with Crippen molar-refractivity contribution in [1.29, 1.82) is 0 Å². The normalized spacial score (nSPS) is 12.1. The van der Waals surface area contributed by atoms with Gasteiger partial charge >= 0.3 is 6.18 Å². The van der Waals surface area contributed by atoms with Gasteiger partial charge in [0.1, 0.15) is 17.4 Å². The molecule has 4 rings (SSSR count). The number of alkyl halides is 3. The number of aromatic nitrogens is 4. The summed E-state index contributed by atoms with van der Waals surface area (Å²) in [6.07, 6.45) is -1.89. The molecule has 2 aromatic carbocycles. The molecule has 4 aromatic rings. The van der Waals surface area contributed by atoms with E-state index in [2.05, 4.69) is 25.6 Å². The summed E-state index contributed by atoms with van der Waals surface area (Å²) >= 11 is 1.50. The first-order valence-electron chi connectivity index (χ1n) is 10.7. The number of rotatable bonds is 6. The molecule has 0 saturated carbocycles. The Balaban J connectivity index is 1.69. The van der Waals surface area contributed by atoms with E-state index in [1.54, 1.807) is 6.07 Å². The molecule has 2 aromatic heterocycles. The Morgan fingerprint density at radius 1 is 1.22 bits per heavy atom. The van der Waals surface area contributed by atoms with E-state index in [0.717, 1.165) is 27.4 Å². The number of aromatic amines is 1. The van der Waals surface area contributed by atoms with E-state index >= 15 is 0 Å². The Kier molecular flexibility index (Phi) is 7.34. The molecule has 1 amide bonds. The maximum absolute atomic E-state index is 14.3. The minimum Gasteiger partial charge on any atom is -0.508 e. The molecule has 0 fully saturated rings. The van der Waals surface area contributed by atoms with E-state index in [-0.39, 0.29) is 35.1 Å². The highest BCUT2D eigenvalue weighted by Gasteiger charge is 2.39. The summed E-state index contributed by atoms with van der Waals surface area (Å²) in [5, 5.41) is 21.9. The topological polar surface area (TPSA) is 108 Å². The first-order valence-corrected chi connectivity index (χ1v) is 11.9. The summed E-state index contributed by atoms with van der Waals surface area (Å²) in [4.78, 5) is 18.2. The highest BCUT2D eigenvalue weighted by atomic mass is 32.2. The minimum absolute atomic E-state index is 0.0180. The number of nitrogens with zero attached hydrogens (tertiary/aromatic N) is 4. The standard InChI is InChI=1S/C24H20F4N6O2S/c1-34-12-17(22(33-34)24(26,27)28)23(36)30-20(9-13-4-3-5-15(8-13)37-2)29-21-11-19(31-32-21)16-7-6-14(35)10-18(16)25/h3-8,10-12,35H,9H2,1-2H3,(H2,29,30,31,32,36). The maximum Gasteiger partial charge on any atom is 0.435 e. The van der Waals surface area contributed by atoms with E-state index in [0.29, 0.717) is 0 Å². The van der Waals surface area contributed by atoms with Crippen molar-refractivity contribution in [3.8, 4) is 17.0 Å². The number of benzene rings is 2. The molecule has 0 aliphatic carbocycles. The van der Waals surface area contributed by atoms with Crippen molar-refractivity contribution in [3.63, 3.8) is 0 Å². The molecule has 13 heteroatoms. The van der Waals surface area contributed by atoms with Crippen LogP contribution in [-0.4, -0.2) is 43.1 Å². The maximum atomic E-state index is 14.3. The van der Waals surface area contributed by atoms with Crippen molar-refractivity contribution in [2.24, 2.45) is 12.0 Å². The second-order valence-corrected chi connectivity index (χ2v) is 8.79. The molecule has 192 valence electrons. The van der Waals surface area contributed by atoms with Gasteiger partial charge in [0.2, 0.25) is 0 Å². The highest BCUT2D eigenvalue weighted by Crippen LogP contribution is 2.31. The molecule has 37 heavy (non-hydrogen) atoms. The minimum atomic E-state index is -4.83. The van der Waals surface area contributed by atoms with Gasteiger partial charge in [-0.05, 0) is 36.1 Å². The second-order valence-electron chi connectivity index (χ2n) is 7.91. The summed E-state index contributed by atoms with van der Waals surface area (Å²) in [6, 6.07) is 12.3. The van der Waals surface area contributed by atoms with Crippen molar-refractivity contribution in [2.75, 3.05) is 6.26 Å². The number of carbonyl (C=O) groups is 1. The highest BCUT2D eigenvalue weighted by molar-refractivity contribution is 7.98. The third-order valence-electron chi connectivity index (χ3n) is 5.16. The zero-order valence-corrected chi connectivity index (χ0v) is 20.3. The number of amides is 1. The Morgan fingerprint density at radius 2 is 2.00 bits per heavy atom. The van der Waals surface area contributed by atoms with Crippen LogP contribution in [0.25, 0.3) is 11.3 Å². The fourth-order valence-electron chi connectivity index (χ4n) is 3.52. The molecule has 0 radical (unpaired) electrons. The Labute approximate surface area is 212 Å². The number of aromatic hydroxyl groups is 1. The molecular formula is C24H20F4N6O2S. The van der Waals surface area contributed by atoms with Crippen LogP contribution < -0.4 is 5.32 Å². The Morgan fingerprint density at radius 3 is 2.70 bits per heavy atom. The van der Waals surface area contributed by atoms with Crippen LogP contribution in [0.4, 0.5) is 23.4 Å². The summed E-state index contributed by atoms with van der Waals surface area (Å²) < 4.78 is 55.4. The number of phenols is 1. The van der Waals surface area contributed by atoms with Gasteiger partial charge in [0.15, 0.2) is 11.5 Å². The smallest absolute Gasteiger partial charge is 0.435 e. The molecule has 3 N–H and O–H groups in total. The number of aryl methyl sites for hydroxylation is 1. The summed E-state index contributed by atoms with van der Waals surface area (Å²) in [5.74, 6) is -1.91. The number of H-pyrrole nitrogens is 1. The van der Waals surface area contributed by atoms with Gasteiger partial charge in [-0.25, -0.2) is 9.38 Å². The van der Waals surface area contributed by atoms with Gasteiger partial charge in [-0.3, -0.25) is 14.6 Å². The summed E-state index contributed by atoms with van der Waals surface area (Å²) in [7, 11) is 1.28. The van der Waals surface area contributed by atoms with Crippen LogP contribution in [0.3, 0.4) is 0 Å². The fourth-order valence-corrected chi connectivity index (χ4v) is 4.00. The summed E-state index contributed by atoms with van der Waals surface area (Å²) in [6.45, 7) is 0. The molecule has 0 atom stereocenters. The first kappa shape index (κ1) is 25.9. The predicted octanol–water partition coefficient (Wildman–Crippen LogP) is 5.10. The number of amidine groups is 1. The molecule has 2 heterocycles. The number of thioether (sulfide) groups is 1. The number of phenolic OH excluding ortho intramolecular Hbond substituents is 1. The fraction of sp³-hybridized carbons (Fsp3) is 0.167. The summed E-state index contributed by atoms with van der Waals surface area (Å²) in [5.41, 5.74) is -0.864. The van der Waals surface area contributed by atoms with Gasteiger partial charge in [0, 0.05) is 42.3 Å². The Bertz CT molecular complexity index is 1480. The molecule has 0 saturated heterocycles. The van der Waals surface area contributed by atoms with Crippen LogP contribution >= 0.6 is 11.8 Å². The van der Waals surface area contributed by atoms with Crippen molar-refractivity contribution < 1.29 is 27.5 Å². The predicted molar refractivity (Wildman–Crippen MR) is 130 cm³/mol. The van der Waals surface area contributed by atoms with E-state index in [1.165, 1.54) is 37.0 Å². The van der Waals surface area contributed by atoms with E-state index in [9.17, 15) is 27.5 Å². The number of aliphatic imine (C=N–C) groups is 1. The Hall–Kier alpha value is -4.13. The molecule has 0 spiro atoms. The van der Waals surface area contributed by atoms with Crippen LogP contribution in [0.15, 0.2) is 64.6 Å². The van der Waals surface area contributed by atoms with E-state index < -0.39 is 29.2 Å². The van der Waals surface area contributed by atoms with Crippen LogP contribution in [0.2, 0.25) is 0 Å². The van der Waals surface area contributed by atoms with Gasteiger partial charge in [-0.15, -0.1) is 11.8 Å². The van der Waals surface area contributed by atoms with Crippen molar-refractivity contribution in [1.82, 2.24) is 25.3 Å². The van der Waals surface area contributed by atoms with Gasteiger partial charge in [-0.2, -0.15) is 23.4 Å².